The van der Waals surface area contributed by atoms with Crippen molar-refractivity contribution in [1.29, 1.82) is 5.41 Å². The van der Waals surface area contributed by atoms with Gasteiger partial charge in [-0.15, -0.1) is 0 Å². The van der Waals surface area contributed by atoms with Gasteiger partial charge in [-0.2, -0.15) is 5.10 Å². The van der Waals surface area contributed by atoms with Crippen LogP contribution >= 0.6 is 0 Å². The van der Waals surface area contributed by atoms with Crippen LogP contribution in [0.2, 0.25) is 0 Å². The molecule has 0 unspecified atom stereocenters. The van der Waals surface area contributed by atoms with Gasteiger partial charge in [0.25, 0.3) is 0 Å². The molecule has 9 heteroatoms. The van der Waals surface area contributed by atoms with Crippen LogP contribution in [0.1, 0.15) is 36.8 Å². The smallest absolute Gasteiger partial charge is 0.239 e. The van der Waals surface area contributed by atoms with Crippen LogP contribution in [-0.4, -0.2) is 58.4 Å². The largest absolute Gasteiger partial charge is 0.379 e. The summed E-state index contributed by atoms with van der Waals surface area (Å²) in [4.78, 5) is 19.0. The van der Waals surface area contributed by atoms with Crippen molar-refractivity contribution in [3.8, 4) is 0 Å². The number of likely N-dealkylation sites (tertiary alicyclic amines) is 1. The zero-order valence-electron chi connectivity index (χ0n) is 22.0. The quantitative estimate of drug-likeness (QED) is 0.280. The van der Waals surface area contributed by atoms with E-state index in [9.17, 15) is 4.79 Å². The third-order valence-electron chi connectivity index (χ3n) is 8.08. The molecule has 3 aromatic rings. The summed E-state index contributed by atoms with van der Waals surface area (Å²) in [6.07, 6.45) is 9.13. The molecular weight excluding hydrogens is 488 g/mol. The fourth-order valence-electron chi connectivity index (χ4n) is 5.99. The van der Waals surface area contributed by atoms with Crippen molar-refractivity contribution in [3.05, 3.63) is 83.3 Å². The summed E-state index contributed by atoms with van der Waals surface area (Å²) >= 11 is 0. The number of nitrogens with zero attached hydrogens (tertiary/aromatic N) is 4. The van der Waals surface area contributed by atoms with Crippen molar-refractivity contribution >= 4 is 34.6 Å². The number of carbonyl (C=O) groups is 1. The van der Waals surface area contributed by atoms with E-state index < -0.39 is 0 Å². The summed E-state index contributed by atoms with van der Waals surface area (Å²) in [6.45, 7) is 3.19. The van der Waals surface area contributed by atoms with E-state index in [0.717, 1.165) is 79.4 Å². The monoisotopic (exact) mass is 523 g/mol. The molecule has 2 aromatic carbocycles. The Kier molecular flexibility index (Phi) is 7.08. The summed E-state index contributed by atoms with van der Waals surface area (Å²) in [5.41, 5.74) is 12.5. The summed E-state index contributed by atoms with van der Waals surface area (Å²) < 4.78 is 1.97. The summed E-state index contributed by atoms with van der Waals surface area (Å²) in [5, 5.41) is 18.8. The average Bonchev–Trinajstić information content (AvgIpc) is 3.73. The molecule has 3 aliphatic heterocycles. The first-order chi connectivity index (χ1) is 19.1. The molecule has 0 spiro atoms. The summed E-state index contributed by atoms with van der Waals surface area (Å²) in [7, 11) is 0. The first-order valence-electron chi connectivity index (χ1n) is 13.8. The second-order valence-electron chi connectivity index (χ2n) is 10.6. The minimum Gasteiger partial charge on any atom is -0.379 e. The summed E-state index contributed by atoms with van der Waals surface area (Å²) in [5.74, 6) is 0.928. The predicted molar refractivity (Wildman–Crippen MR) is 153 cm³/mol. The van der Waals surface area contributed by atoms with Crippen LogP contribution in [0.15, 0.2) is 77.2 Å². The topological polar surface area (TPSA) is 129 Å². The standard InChI is InChI=1S/C30H34N8O/c31-19-34-29(32)28-24(16-26(35-28)21-10-13-37(14-11-21)30(39)25-7-4-12-33-25)22-8-9-23-18-38(36-27(23)15-22)17-20-5-2-1-3-6-20/h1-3,5-6,8-9,15-16,18-19,21,25,33,35H,4,7,10-14,17H2,(H3,31,32,34)/p+1/t25-/m0/s1. The van der Waals surface area contributed by atoms with Gasteiger partial charge in [0, 0.05) is 36.7 Å². The number of aromatic nitrogens is 2. The van der Waals surface area contributed by atoms with Gasteiger partial charge in [0.2, 0.25) is 5.91 Å². The molecule has 2 saturated heterocycles. The van der Waals surface area contributed by atoms with E-state index in [1.54, 1.807) is 0 Å². The number of nitrogens with one attached hydrogen (secondary N) is 2. The number of fused-ring (bicyclic) bond motifs is 1. The van der Waals surface area contributed by atoms with Gasteiger partial charge in [0.15, 0.2) is 11.5 Å². The molecule has 6 N–H and O–H groups in total. The van der Waals surface area contributed by atoms with Crippen LogP contribution in [0, 0.1) is 11.3 Å². The van der Waals surface area contributed by atoms with E-state index in [4.69, 9.17) is 16.2 Å². The average molecular weight is 524 g/mol. The van der Waals surface area contributed by atoms with Crippen LogP contribution in [0.4, 0.5) is 0 Å². The highest BCUT2D eigenvalue weighted by Crippen LogP contribution is 2.31. The highest BCUT2D eigenvalue weighted by atomic mass is 16.2. The zero-order chi connectivity index (χ0) is 26.8. The molecule has 1 atom stereocenters. The Hall–Kier alpha value is -4.08. The highest BCUT2D eigenvalue weighted by molar-refractivity contribution is 6.07. The number of amidine groups is 1. The number of piperidine rings is 1. The fourth-order valence-corrected chi connectivity index (χ4v) is 5.99. The molecule has 0 bridgehead atoms. The number of rotatable bonds is 7. The molecule has 9 nitrogen and oxygen atoms in total. The Labute approximate surface area is 228 Å². The van der Waals surface area contributed by atoms with Gasteiger partial charge in [0.1, 0.15) is 12.0 Å². The minimum absolute atomic E-state index is 0.0121. The number of quaternary nitrogens is 1. The van der Waals surface area contributed by atoms with Crippen LogP contribution < -0.4 is 16.4 Å². The molecule has 6 rings (SSSR count). The molecule has 4 heterocycles. The van der Waals surface area contributed by atoms with Crippen molar-refractivity contribution in [2.24, 2.45) is 16.6 Å². The zero-order valence-corrected chi connectivity index (χ0v) is 22.0. The van der Waals surface area contributed by atoms with Crippen molar-refractivity contribution < 1.29 is 10.1 Å². The Balaban J connectivity index is 1.23. The lowest BCUT2D eigenvalue weighted by Crippen LogP contribution is -2.82. The normalized spacial score (nSPS) is 20.6. The number of amides is 1. The van der Waals surface area contributed by atoms with Crippen LogP contribution in [0.5, 0.6) is 0 Å². The number of nitrogens with two attached hydrogens (primary N) is 2. The van der Waals surface area contributed by atoms with Gasteiger partial charge < -0.3 is 16.0 Å². The second kappa shape index (κ2) is 11.0. The number of aliphatic imine (C=N–C) groups is 1. The van der Waals surface area contributed by atoms with Crippen molar-refractivity contribution in [2.45, 2.75) is 38.3 Å². The lowest BCUT2D eigenvalue weighted by molar-refractivity contribution is -0.549. The van der Waals surface area contributed by atoms with Crippen LogP contribution in [0.25, 0.3) is 16.5 Å². The molecule has 1 amide bonds. The molecule has 0 radical (unpaired) electrons. The Morgan fingerprint density at radius 3 is 2.74 bits per heavy atom. The lowest BCUT2D eigenvalue weighted by Gasteiger charge is -2.33. The molecule has 1 aromatic heterocycles. The predicted octanol–water partition coefficient (Wildman–Crippen LogP) is 2.21. The van der Waals surface area contributed by atoms with E-state index in [0.29, 0.717) is 18.3 Å². The number of hydrogen-bond acceptors (Lipinski definition) is 4. The fraction of sp³-hybridized carbons (Fsp3) is 0.333. The molecule has 0 saturated carbocycles. The van der Waals surface area contributed by atoms with Gasteiger partial charge >= 0.3 is 0 Å². The van der Waals surface area contributed by atoms with Gasteiger partial charge in [-0.3, -0.25) is 20.2 Å². The molecule has 3 aliphatic rings. The Morgan fingerprint density at radius 2 is 2.00 bits per heavy atom. The first-order valence-corrected chi connectivity index (χ1v) is 13.8. The maximum atomic E-state index is 12.9. The van der Waals surface area contributed by atoms with Gasteiger partial charge in [-0.1, -0.05) is 42.5 Å². The molecule has 39 heavy (non-hydrogen) atoms. The van der Waals surface area contributed by atoms with E-state index >= 15 is 0 Å². The van der Waals surface area contributed by atoms with E-state index in [2.05, 4.69) is 58.2 Å². The summed E-state index contributed by atoms with van der Waals surface area (Å²) in [6, 6.07) is 16.6. The molecule has 2 fully saturated rings. The van der Waals surface area contributed by atoms with E-state index in [1.807, 2.05) is 27.8 Å². The van der Waals surface area contributed by atoms with Crippen molar-refractivity contribution in [3.63, 3.8) is 0 Å². The number of hydrogen-bond donors (Lipinski definition) is 4. The van der Waals surface area contributed by atoms with Gasteiger partial charge in [-0.05, 0) is 49.4 Å². The maximum Gasteiger partial charge on any atom is 0.239 e. The van der Waals surface area contributed by atoms with E-state index in [-0.39, 0.29) is 11.9 Å². The Morgan fingerprint density at radius 1 is 1.18 bits per heavy atom. The number of benzene rings is 2. The molecular formula is C30H35N8O+. The van der Waals surface area contributed by atoms with Crippen LogP contribution in [-0.2, 0) is 11.3 Å². The highest BCUT2D eigenvalue weighted by Gasteiger charge is 2.35. The second-order valence-corrected chi connectivity index (χ2v) is 10.6. The van der Waals surface area contributed by atoms with Gasteiger partial charge in [0.05, 0.1) is 23.7 Å². The molecule has 0 aliphatic carbocycles. The third kappa shape index (κ3) is 5.28. The van der Waals surface area contributed by atoms with Gasteiger partial charge in [-0.25, -0.2) is 4.99 Å². The van der Waals surface area contributed by atoms with E-state index in [1.165, 1.54) is 11.3 Å². The number of carbonyl (C=O) groups excluding carboxylic acids is 1. The molecule has 200 valence electrons. The van der Waals surface area contributed by atoms with Crippen molar-refractivity contribution in [2.75, 3.05) is 19.6 Å². The lowest BCUT2D eigenvalue weighted by atomic mass is 9.92. The maximum absolute atomic E-state index is 12.9. The third-order valence-corrected chi connectivity index (χ3v) is 8.08. The van der Waals surface area contributed by atoms with Crippen molar-refractivity contribution in [1.82, 2.24) is 20.0 Å². The Bertz CT molecular complexity index is 1470. The SMILES string of the molecule is N=CN=C(N)C1=C(c2ccc3cn(Cc4ccccc4)nc3c2)C=C(C2CCN(C(=O)[C@@H]3CCCN3)CC2)[NH2+]1. The number of allylic oxidation sites excluding steroid dienone is 3. The minimum atomic E-state index is -0.0121. The van der Waals surface area contributed by atoms with Crippen LogP contribution in [0.3, 0.4) is 0 Å². The first kappa shape index (κ1) is 25.2.